The quantitative estimate of drug-likeness (QED) is 0.837. The standard InChI is InChI=1S/C18H29NO/c1-4-19-13-17(15-8-6-5-7-9-15)16-12-14(2)10-11-18(16)20-3/h10-12,15,17,19H,4-9,13H2,1-3H3. The number of rotatable bonds is 6. The number of hydrogen-bond donors (Lipinski definition) is 1. The second kappa shape index (κ2) is 7.68. The van der Waals surface area contributed by atoms with E-state index in [0.29, 0.717) is 5.92 Å². The Morgan fingerprint density at radius 1 is 1.25 bits per heavy atom. The molecule has 0 spiro atoms. The summed E-state index contributed by atoms with van der Waals surface area (Å²) >= 11 is 0. The van der Waals surface area contributed by atoms with E-state index >= 15 is 0 Å². The van der Waals surface area contributed by atoms with Crippen molar-refractivity contribution in [2.24, 2.45) is 5.92 Å². The lowest BCUT2D eigenvalue weighted by molar-refractivity contribution is 0.291. The molecule has 0 bridgehead atoms. The summed E-state index contributed by atoms with van der Waals surface area (Å²) < 4.78 is 5.62. The number of benzene rings is 1. The molecule has 0 amide bonds. The number of methoxy groups -OCH3 is 1. The van der Waals surface area contributed by atoms with E-state index in [0.717, 1.165) is 24.8 Å². The van der Waals surface area contributed by atoms with Gasteiger partial charge in [-0.15, -0.1) is 0 Å². The number of ether oxygens (including phenoxy) is 1. The molecule has 1 atom stereocenters. The van der Waals surface area contributed by atoms with Crippen molar-refractivity contribution in [2.45, 2.75) is 51.9 Å². The first-order valence-corrected chi connectivity index (χ1v) is 8.11. The molecule has 2 nitrogen and oxygen atoms in total. The molecule has 1 fully saturated rings. The molecule has 1 aliphatic carbocycles. The minimum Gasteiger partial charge on any atom is -0.496 e. The summed E-state index contributed by atoms with van der Waals surface area (Å²) in [5, 5.41) is 3.56. The minimum absolute atomic E-state index is 0.588. The van der Waals surface area contributed by atoms with Crippen molar-refractivity contribution in [1.82, 2.24) is 5.32 Å². The molecular weight excluding hydrogens is 246 g/mol. The summed E-state index contributed by atoms with van der Waals surface area (Å²) in [5.41, 5.74) is 2.73. The molecule has 1 aliphatic rings. The lowest BCUT2D eigenvalue weighted by atomic mass is 9.76. The van der Waals surface area contributed by atoms with Crippen molar-refractivity contribution in [3.8, 4) is 5.75 Å². The van der Waals surface area contributed by atoms with Gasteiger partial charge in [0.05, 0.1) is 7.11 Å². The third-order valence-electron chi connectivity index (χ3n) is 4.62. The Kier molecular flexibility index (Phi) is 5.90. The van der Waals surface area contributed by atoms with Crippen molar-refractivity contribution in [1.29, 1.82) is 0 Å². The van der Waals surface area contributed by atoms with E-state index in [9.17, 15) is 0 Å². The Morgan fingerprint density at radius 3 is 2.65 bits per heavy atom. The Balaban J connectivity index is 2.26. The molecule has 0 saturated heterocycles. The highest BCUT2D eigenvalue weighted by Crippen LogP contribution is 2.39. The molecule has 2 rings (SSSR count). The molecule has 1 aromatic carbocycles. The van der Waals surface area contributed by atoms with Gasteiger partial charge in [-0.1, -0.05) is 43.9 Å². The highest BCUT2D eigenvalue weighted by Gasteiger charge is 2.27. The molecule has 1 aromatic rings. The van der Waals surface area contributed by atoms with Crippen LogP contribution in [-0.2, 0) is 0 Å². The molecule has 2 heteroatoms. The van der Waals surface area contributed by atoms with Gasteiger partial charge in [-0.2, -0.15) is 0 Å². The van der Waals surface area contributed by atoms with Crippen molar-refractivity contribution in [2.75, 3.05) is 20.2 Å². The largest absolute Gasteiger partial charge is 0.496 e. The van der Waals surface area contributed by atoms with Crippen LogP contribution in [0.1, 0.15) is 56.1 Å². The summed E-state index contributed by atoms with van der Waals surface area (Å²) in [7, 11) is 1.79. The maximum atomic E-state index is 5.62. The van der Waals surface area contributed by atoms with Crippen LogP contribution in [0.4, 0.5) is 0 Å². The van der Waals surface area contributed by atoms with Crippen LogP contribution in [0.3, 0.4) is 0 Å². The molecule has 0 aromatic heterocycles. The van der Waals surface area contributed by atoms with Crippen LogP contribution in [0.2, 0.25) is 0 Å². The topological polar surface area (TPSA) is 21.3 Å². The van der Waals surface area contributed by atoms with E-state index in [1.165, 1.54) is 43.2 Å². The van der Waals surface area contributed by atoms with Gasteiger partial charge < -0.3 is 10.1 Å². The van der Waals surface area contributed by atoms with E-state index in [2.05, 4.69) is 37.4 Å². The zero-order valence-corrected chi connectivity index (χ0v) is 13.2. The van der Waals surface area contributed by atoms with Gasteiger partial charge in [-0.05, 0) is 43.9 Å². The summed E-state index contributed by atoms with van der Waals surface area (Å²) in [6.07, 6.45) is 6.93. The summed E-state index contributed by atoms with van der Waals surface area (Å²) in [6, 6.07) is 6.61. The molecular formula is C18H29NO. The third kappa shape index (κ3) is 3.76. The Bertz CT molecular complexity index is 410. The number of hydrogen-bond acceptors (Lipinski definition) is 2. The maximum Gasteiger partial charge on any atom is 0.122 e. The molecule has 112 valence electrons. The predicted octanol–water partition coefficient (Wildman–Crippen LogP) is 4.28. The van der Waals surface area contributed by atoms with E-state index < -0.39 is 0 Å². The minimum atomic E-state index is 0.588. The van der Waals surface area contributed by atoms with Gasteiger partial charge in [-0.3, -0.25) is 0 Å². The Morgan fingerprint density at radius 2 is 2.00 bits per heavy atom. The molecule has 20 heavy (non-hydrogen) atoms. The second-order valence-corrected chi connectivity index (χ2v) is 6.06. The monoisotopic (exact) mass is 275 g/mol. The fraction of sp³-hybridized carbons (Fsp3) is 0.667. The van der Waals surface area contributed by atoms with Gasteiger partial charge in [0, 0.05) is 12.5 Å². The maximum absolute atomic E-state index is 5.62. The van der Waals surface area contributed by atoms with E-state index in [4.69, 9.17) is 4.74 Å². The van der Waals surface area contributed by atoms with Crippen LogP contribution in [0, 0.1) is 12.8 Å². The van der Waals surface area contributed by atoms with Gasteiger partial charge in [0.15, 0.2) is 0 Å². The second-order valence-electron chi connectivity index (χ2n) is 6.06. The lowest BCUT2D eigenvalue weighted by Gasteiger charge is -2.32. The van der Waals surface area contributed by atoms with Gasteiger partial charge in [0.25, 0.3) is 0 Å². The first-order valence-electron chi connectivity index (χ1n) is 8.11. The average molecular weight is 275 g/mol. The van der Waals surface area contributed by atoms with Gasteiger partial charge in [0.1, 0.15) is 5.75 Å². The molecule has 0 radical (unpaired) electrons. The SMILES string of the molecule is CCNCC(c1cc(C)ccc1OC)C1CCCCC1. The normalized spacial score (nSPS) is 17.9. The average Bonchev–Trinajstić information content (AvgIpc) is 2.49. The van der Waals surface area contributed by atoms with Crippen molar-refractivity contribution in [3.63, 3.8) is 0 Å². The number of likely N-dealkylation sites (N-methyl/N-ethyl adjacent to an activating group) is 1. The number of aryl methyl sites for hydroxylation is 1. The third-order valence-corrected chi connectivity index (χ3v) is 4.62. The van der Waals surface area contributed by atoms with Crippen molar-refractivity contribution < 1.29 is 4.74 Å². The Labute approximate surface area is 123 Å². The molecule has 0 heterocycles. The highest BCUT2D eigenvalue weighted by atomic mass is 16.5. The van der Waals surface area contributed by atoms with E-state index in [1.54, 1.807) is 7.11 Å². The van der Waals surface area contributed by atoms with E-state index in [1.807, 2.05) is 0 Å². The molecule has 1 unspecified atom stereocenters. The van der Waals surface area contributed by atoms with Crippen LogP contribution in [-0.4, -0.2) is 20.2 Å². The smallest absolute Gasteiger partial charge is 0.122 e. The highest BCUT2D eigenvalue weighted by molar-refractivity contribution is 5.40. The predicted molar refractivity (Wildman–Crippen MR) is 85.6 cm³/mol. The van der Waals surface area contributed by atoms with Crippen LogP contribution in [0.5, 0.6) is 5.75 Å². The first-order chi connectivity index (χ1) is 9.76. The van der Waals surface area contributed by atoms with Crippen molar-refractivity contribution >= 4 is 0 Å². The van der Waals surface area contributed by atoms with Crippen LogP contribution in [0.25, 0.3) is 0 Å². The fourth-order valence-electron chi connectivity index (χ4n) is 3.51. The van der Waals surface area contributed by atoms with Crippen LogP contribution >= 0.6 is 0 Å². The summed E-state index contributed by atoms with van der Waals surface area (Å²) in [4.78, 5) is 0. The zero-order chi connectivity index (χ0) is 14.4. The van der Waals surface area contributed by atoms with Crippen LogP contribution < -0.4 is 10.1 Å². The summed E-state index contributed by atoms with van der Waals surface area (Å²) in [5.74, 6) is 2.45. The molecule has 0 aliphatic heterocycles. The number of nitrogens with one attached hydrogen (secondary N) is 1. The summed E-state index contributed by atoms with van der Waals surface area (Å²) in [6.45, 7) is 6.47. The van der Waals surface area contributed by atoms with Crippen molar-refractivity contribution in [3.05, 3.63) is 29.3 Å². The fourth-order valence-corrected chi connectivity index (χ4v) is 3.51. The van der Waals surface area contributed by atoms with E-state index in [-0.39, 0.29) is 0 Å². The van der Waals surface area contributed by atoms with Gasteiger partial charge in [-0.25, -0.2) is 0 Å². The van der Waals surface area contributed by atoms with Gasteiger partial charge >= 0.3 is 0 Å². The zero-order valence-electron chi connectivity index (χ0n) is 13.2. The van der Waals surface area contributed by atoms with Crippen LogP contribution in [0.15, 0.2) is 18.2 Å². The van der Waals surface area contributed by atoms with Gasteiger partial charge in [0.2, 0.25) is 0 Å². The molecule has 1 N–H and O–H groups in total. The molecule has 1 saturated carbocycles. The Hall–Kier alpha value is -1.02. The first kappa shape index (κ1) is 15.4. The lowest BCUT2D eigenvalue weighted by Crippen LogP contribution is -2.28.